The Balaban J connectivity index is 2.10. The summed E-state index contributed by atoms with van der Waals surface area (Å²) >= 11 is 0. The van der Waals surface area contributed by atoms with Gasteiger partial charge in [0.2, 0.25) is 5.91 Å². The second-order valence-electron chi connectivity index (χ2n) is 3.60. The van der Waals surface area contributed by atoms with E-state index in [0.717, 1.165) is 26.0 Å². The van der Waals surface area contributed by atoms with E-state index in [-0.39, 0.29) is 12.0 Å². The maximum absolute atomic E-state index is 11.4. The zero-order valence-corrected chi connectivity index (χ0v) is 8.38. The van der Waals surface area contributed by atoms with E-state index in [2.05, 4.69) is 5.32 Å². The summed E-state index contributed by atoms with van der Waals surface area (Å²) in [4.78, 5) is 13.4. The van der Waals surface area contributed by atoms with Crippen molar-refractivity contribution in [3.05, 3.63) is 0 Å². The molecule has 4 heteroatoms. The number of ether oxygens (including phenoxy) is 1. The molecule has 1 amide bonds. The summed E-state index contributed by atoms with van der Waals surface area (Å²) < 4.78 is 5.25. The van der Waals surface area contributed by atoms with E-state index in [9.17, 15) is 4.79 Å². The first-order valence-electron chi connectivity index (χ1n) is 4.74. The smallest absolute Gasteiger partial charge is 0.249 e. The van der Waals surface area contributed by atoms with Gasteiger partial charge in [0.25, 0.3) is 0 Å². The lowest BCUT2D eigenvalue weighted by Gasteiger charge is -2.12. The molecule has 0 aromatic rings. The molecule has 1 unspecified atom stereocenters. The van der Waals surface area contributed by atoms with Crippen molar-refractivity contribution in [2.24, 2.45) is 0 Å². The predicted octanol–water partition coefficient (Wildman–Crippen LogP) is -0.157. The molecule has 76 valence electrons. The molecule has 0 spiro atoms. The van der Waals surface area contributed by atoms with Crippen LogP contribution in [0.3, 0.4) is 0 Å². The van der Waals surface area contributed by atoms with E-state index >= 15 is 0 Å². The fraction of sp³-hybridized carbons (Fsp3) is 0.889. The first-order valence-corrected chi connectivity index (χ1v) is 4.74. The van der Waals surface area contributed by atoms with Crippen LogP contribution in [0.4, 0.5) is 0 Å². The number of hydrogen-bond donors (Lipinski definition) is 1. The Kier molecular flexibility index (Phi) is 4.18. The van der Waals surface area contributed by atoms with Gasteiger partial charge in [-0.2, -0.15) is 0 Å². The summed E-state index contributed by atoms with van der Waals surface area (Å²) in [5, 5.41) is 2.85. The van der Waals surface area contributed by atoms with Crippen molar-refractivity contribution in [1.82, 2.24) is 10.2 Å². The average Bonchev–Trinajstić information content (AvgIpc) is 2.55. The lowest BCUT2D eigenvalue weighted by Crippen LogP contribution is -2.37. The molecule has 0 aromatic heterocycles. The fourth-order valence-electron chi connectivity index (χ4n) is 1.30. The second kappa shape index (κ2) is 5.19. The van der Waals surface area contributed by atoms with E-state index in [1.54, 1.807) is 0 Å². The number of nitrogens with zero attached hydrogens (tertiary/aromatic N) is 1. The molecule has 1 aliphatic heterocycles. The summed E-state index contributed by atoms with van der Waals surface area (Å²) in [7, 11) is 3.97. The molecular formula is C9H18N2O2. The summed E-state index contributed by atoms with van der Waals surface area (Å²) in [6, 6.07) is 0. The van der Waals surface area contributed by atoms with Crippen LogP contribution in [0.25, 0.3) is 0 Å². The van der Waals surface area contributed by atoms with Gasteiger partial charge in [0, 0.05) is 19.7 Å². The third-order valence-electron chi connectivity index (χ3n) is 2.08. The number of carbonyl (C=O) groups excluding carboxylic acids is 1. The van der Waals surface area contributed by atoms with Gasteiger partial charge in [-0.15, -0.1) is 0 Å². The van der Waals surface area contributed by atoms with Crippen LogP contribution in [0.1, 0.15) is 12.8 Å². The number of nitrogens with one attached hydrogen (secondary N) is 1. The first kappa shape index (κ1) is 10.5. The zero-order chi connectivity index (χ0) is 9.68. The van der Waals surface area contributed by atoms with E-state index in [1.807, 2.05) is 19.0 Å². The van der Waals surface area contributed by atoms with Gasteiger partial charge >= 0.3 is 0 Å². The third-order valence-corrected chi connectivity index (χ3v) is 2.08. The standard InChI is InChI=1S/C9H18N2O2/c1-11(2)6-5-10-9(12)8-4-3-7-13-8/h8H,3-7H2,1-2H3,(H,10,12). The van der Waals surface area contributed by atoms with E-state index < -0.39 is 0 Å². The Bertz CT molecular complexity index is 165. The summed E-state index contributed by atoms with van der Waals surface area (Å²) in [6.07, 6.45) is 1.68. The lowest BCUT2D eigenvalue weighted by molar-refractivity contribution is -0.130. The largest absolute Gasteiger partial charge is 0.368 e. The molecule has 1 atom stereocenters. The average molecular weight is 186 g/mol. The number of carbonyl (C=O) groups is 1. The molecule has 0 radical (unpaired) electrons. The van der Waals surface area contributed by atoms with Crippen LogP contribution in [0.2, 0.25) is 0 Å². The van der Waals surface area contributed by atoms with Crippen molar-refractivity contribution in [3.63, 3.8) is 0 Å². The Morgan fingerprint density at radius 1 is 1.62 bits per heavy atom. The minimum Gasteiger partial charge on any atom is -0.368 e. The molecular weight excluding hydrogens is 168 g/mol. The number of rotatable bonds is 4. The molecule has 1 saturated heterocycles. The zero-order valence-electron chi connectivity index (χ0n) is 8.38. The highest BCUT2D eigenvalue weighted by molar-refractivity contribution is 5.80. The van der Waals surface area contributed by atoms with Gasteiger partial charge in [-0.25, -0.2) is 0 Å². The van der Waals surface area contributed by atoms with Crippen molar-refractivity contribution in [2.75, 3.05) is 33.8 Å². The van der Waals surface area contributed by atoms with Gasteiger partial charge in [0.1, 0.15) is 6.10 Å². The lowest BCUT2D eigenvalue weighted by atomic mass is 10.2. The molecule has 4 nitrogen and oxygen atoms in total. The minimum absolute atomic E-state index is 0.0411. The Morgan fingerprint density at radius 2 is 2.38 bits per heavy atom. The highest BCUT2D eigenvalue weighted by Crippen LogP contribution is 2.11. The van der Waals surface area contributed by atoms with Crippen LogP contribution in [0, 0.1) is 0 Å². The van der Waals surface area contributed by atoms with Gasteiger partial charge in [-0.1, -0.05) is 0 Å². The highest BCUT2D eigenvalue weighted by Gasteiger charge is 2.22. The van der Waals surface area contributed by atoms with Crippen molar-refractivity contribution in [2.45, 2.75) is 18.9 Å². The van der Waals surface area contributed by atoms with Crippen LogP contribution in [-0.4, -0.2) is 50.7 Å². The molecule has 1 N–H and O–H groups in total. The number of likely N-dealkylation sites (N-methyl/N-ethyl adjacent to an activating group) is 1. The van der Waals surface area contributed by atoms with Gasteiger partial charge in [-0.05, 0) is 26.9 Å². The molecule has 0 aliphatic carbocycles. The van der Waals surface area contributed by atoms with Crippen molar-refractivity contribution in [3.8, 4) is 0 Å². The summed E-state index contributed by atoms with van der Waals surface area (Å²) in [5.74, 6) is 0.0411. The number of amides is 1. The maximum atomic E-state index is 11.4. The highest BCUT2D eigenvalue weighted by atomic mass is 16.5. The van der Waals surface area contributed by atoms with E-state index in [1.165, 1.54) is 0 Å². The SMILES string of the molecule is CN(C)CCNC(=O)C1CCCO1. The topological polar surface area (TPSA) is 41.6 Å². The molecule has 1 fully saturated rings. The molecule has 0 saturated carbocycles. The van der Waals surface area contributed by atoms with Gasteiger partial charge in [0.15, 0.2) is 0 Å². The summed E-state index contributed by atoms with van der Waals surface area (Å²) in [5.41, 5.74) is 0. The van der Waals surface area contributed by atoms with Crippen LogP contribution >= 0.6 is 0 Å². The van der Waals surface area contributed by atoms with Crippen molar-refractivity contribution >= 4 is 5.91 Å². The Morgan fingerprint density at radius 3 is 2.92 bits per heavy atom. The van der Waals surface area contributed by atoms with Gasteiger partial charge in [-0.3, -0.25) is 4.79 Å². The Hall–Kier alpha value is -0.610. The van der Waals surface area contributed by atoms with Crippen LogP contribution in [0.5, 0.6) is 0 Å². The second-order valence-corrected chi connectivity index (χ2v) is 3.60. The van der Waals surface area contributed by atoms with Gasteiger partial charge < -0.3 is 15.0 Å². The molecule has 1 aliphatic rings. The van der Waals surface area contributed by atoms with Crippen LogP contribution in [-0.2, 0) is 9.53 Å². The monoisotopic (exact) mass is 186 g/mol. The fourth-order valence-corrected chi connectivity index (χ4v) is 1.30. The van der Waals surface area contributed by atoms with Gasteiger partial charge in [0.05, 0.1) is 0 Å². The molecule has 13 heavy (non-hydrogen) atoms. The maximum Gasteiger partial charge on any atom is 0.249 e. The number of hydrogen-bond acceptors (Lipinski definition) is 3. The minimum atomic E-state index is -0.192. The molecule has 1 heterocycles. The van der Waals surface area contributed by atoms with Crippen molar-refractivity contribution in [1.29, 1.82) is 0 Å². The quantitative estimate of drug-likeness (QED) is 0.663. The normalized spacial score (nSPS) is 22.2. The molecule has 0 aromatic carbocycles. The van der Waals surface area contributed by atoms with Crippen LogP contribution < -0.4 is 5.32 Å². The summed E-state index contributed by atoms with van der Waals surface area (Å²) in [6.45, 7) is 2.30. The first-order chi connectivity index (χ1) is 6.20. The van der Waals surface area contributed by atoms with Crippen molar-refractivity contribution < 1.29 is 9.53 Å². The predicted molar refractivity (Wildman–Crippen MR) is 50.5 cm³/mol. The third kappa shape index (κ3) is 3.74. The van der Waals surface area contributed by atoms with E-state index in [0.29, 0.717) is 6.54 Å². The van der Waals surface area contributed by atoms with Crippen LogP contribution in [0.15, 0.2) is 0 Å². The molecule has 0 bridgehead atoms. The van der Waals surface area contributed by atoms with E-state index in [4.69, 9.17) is 4.74 Å². The Labute approximate surface area is 79.2 Å². The molecule has 1 rings (SSSR count).